The molecule has 136 valence electrons. The Morgan fingerprint density at radius 2 is 1.96 bits per heavy atom. The summed E-state index contributed by atoms with van der Waals surface area (Å²) in [4.78, 5) is 25.8. The third-order valence-corrected chi connectivity index (χ3v) is 7.48. The number of amides is 2. The van der Waals surface area contributed by atoms with Crippen molar-refractivity contribution in [1.29, 1.82) is 0 Å². The number of nitrogens with one attached hydrogen (secondary N) is 2. The van der Waals surface area contributed by atoms with Crippen LogP contribution in [0.15, 0.2) is 0 Å². The van der Waals surface area contributed by atoms with Gasteiger partial charge in [0, 0.05) is 32.1 Å². The predicted molar refractivity (Wildman–Crippen MR) is 94.4 cm³/mol. The van der Waals surface area contributed by atoms with Gasteiger partial charge in [-0.2, -0.15) is 0 Å². The van der Waals surface area contributed by atoms with Crippen molar-refractivity contribution in [2.75, 3.05) is 19.6 Å². The number of rotatable bonds is 4. The highest BCUT2D eigenvalue weighted by Crippen LogP contribution is 2.65. The van der Waals surface area contributed by atoms with Gasteiger partial charge in [-0.05, 0) is 48.9 Å². The van der Waals surface area contributed by atoms with Gasteiger partial charge in [0.05, 0.1) is 6.54 Å². The van der Waals surface area contributed by atoms with Crippen LogP contribution < -0.4 is 10.6 Å². The van der Waals surface area contributed by atoms with Gasteiger partial charge in [0.15, 0.2) is 0 Å². The molecule has 5 nitrogen and oxygen atoms in total. The van der Waals surface area contributed by atoms with Crippen LogP contribution in [0.4, 0.5) is 0 Å². The van der Waals surface area contributed by atoms with Crippen LogP contribution in [0.25, 0.3) is 0 Å². The lowest BCUT2D eigenvalue weighted by atomic mass is 9.69. The van der Waals surface area contributed by atoms with E-state index in [4.69, 9.17) is 0 Å². The van der Waals surface area contributed by atoms with Gasteiger partial charge in [0.25, 0.3) is 0 Å². The van der Waals surface area contributed by atoms with E-state index in [1.165, 1.54) is 19.3 Å². The highest BCUT2D eigenvalue weighted by molar-refractivity contribution is 5.78. The van der Waals surface area contributed by atoms with E-state index in [1.54, 1.807) is 6.92 Å². The summed E-state index contributed by atoms with van der Waals surface area (Å²) < 4.78 is 0. The minimum absolute atomic E-state index is 0.00967. The number of nitrogens with zero attached hydrogens (tertiary/aromatic N) is 1. The first-order valence-corrected chi connectivity index (χ1v) is 9.52. The zero-order valence-electron chi connectivity index (χ0n) is 15.7. The van der Waals surface area contributed by atoms with E-state index in [1.807, 2.05) is 4.90 Å². The second kappa shape index (κ2) is 6.32. The topological polar surface area (TPSA) is 61.4 Å². The van der Waals surface area contributed by atoms with Gasteiger partial charge < -0.3 is 15.5 Å². The normalized spacial score (nSPS) is 37.5. The molecule has 0 unspecified atom stereocenters. The molecule has 0 aromatic rings. The van der Waals surface area contributed by atoms with Crippen molar-refractivity contribution in [2.24, 2.45) is 16.7 Å². The van der Waals surface area contributed by atoms with E-state index in [0.717, 1.165) is 25.3 Å². The quantitative estimate of drug-likeness (QED) is 0.825. The largest absolute Gasteiger partial charge is 0.352 e. The van der Waals surface area contributed by atoms with E-state index in [-0.39, 0.29) is 17.9 Å². The van der Waals surface area contributed by atoms with Crippen LogP contribution in [0, 0.1) is 16.7 Å². The van der Waals surface area contributed by atoms with Crippen molar-refractivity contribution in [2.45, 2.75) is 71.9 Å². The monoisotopic (exact) mass is 335 g/mol. The first-order chi connectivity index (χ1) is 11.2. The van der Waals surface area contributed by atoms with Gasteiger partial charge in [0.1, 0.15) is 0 Å². The molecule has 0 radical (unpaired) electrons. The van der Waals surface area contributed by atoms with Crippen LogP contribution in [0.5, 0.6) is 0 Å². The minimum Gasteiger partial charge on any atom is -0.352 e. The molecule has 1 saturated heterocycles. The zero-order chi connectivity index (χ0) is 17.5. The molecule has 1 aliphatic heterocycles. The molecule has 2 saturated carbocycles. The summed E-state index contributed by atoms with van der Waals surface area (Å²) in [5.74, 6) is 0.952. The summed E-state index contributed by atoms with van der Waals surface area (Å²) >= 11 is 0. The molecule has 1 heterocycles. The summed E-state index contributed by atoms with van der Waals surface area (Å²) in [5.41, 5.74) is 0.675. The number of hydrogen-bond acceptors (Lipinski definition) is 3. The van der Waals surface area contributed by atoms with Crippen LogP contribution in [0.1, 0.15) is 59.8 Å². The summed E-state index contributed by atoms with van der Waals surface area (Å²) in [5, 5.41) is 6.53. The molecular formula is C19H33N3O2. The molecule has 3 aliphatic rings. The molecule has 24 heavy (non-hydrogen) atoms. The Balaban J connectivity index is 1.52. The molecule has 2 aliphatic carbocycles. The molecular weight excluding hydrogens is 302 g/mol. The second-order valence-electron chi connectivity index (χ2n) is 8.92. The number of carbonyl (C=O) groups excluding carboxylic acids is 2. The fourth-order valence-electron chi connectivity index (χ4n) is 5.44. The van der Waals surface area contributed by atoms with Gasteiger partial charge >= 0.3 is 0 Å². The van der Waals surface area contributed by atoms with Crippen molar-refractivity contribution < 1.29 is 9.59 Å². The lowest BCUT2D eigenvalue weighted by Crippen LogP contribution is -2.53. The van der Waals surface area contributed by atoms with Crippen molar-refractivity contribution in [3.63, 3.8) is 0 Å². The number of hydrogen-bond donors (Lipinski definition) is 2. The van der Waals surface area contributed by atoms with Crippen molar-refractivity contribution in [3.05, 3.63) is 0 Å². The highest BCUT2D eigenvalue weighted by Gasteiger charge is 2.61. The number of carbonyl (C=O) groups is 2. The lowest BCUT2D eigenvalue weighted by molar-refractivity contribution is -0.132. The number of piperidine rings is 1. The van der Waals surface area contributed by atoms with Crippen LogP contribution >= 0.6 is 0 Å². The molecule has 0 aromatic carbocycles. The predicted octanol–water partition coefficient (Wildman–Crippen LogP) is 1.92. The summed E-state index contributed by atoms with van der Waals surface area (Å²) in [6, 6.07) is 0.560. The Morgan fingerprint density at radius 3 is 2.54 bits per heavy atom. The maximum absolute atomic E-state index is 12.6. The minimum atomic E-state index is -0.00967. The highest BCUT2D eigenvalue weighted by atomic mass is 16.2. The van der Waals surface area contributed by atoms with Gasteiger partial charge in [0.2, 0.25) is 11.8 Å². The molecule has 2 N–H and O–H groups in total. The van der Waals surface area contributed by atoms with E-state index in [9.17, 15) is 9.59 Å². The van der Waals surface area contributed by atoms with Crippen molar-refractivity contribution >= 4 is 11.8 Å². The number of likely N-dealkylation sites (tertiary alicyclic amines) is 1. The molecule has 0 aromatic heterocycles. The standard InChI is InChI=1S/C19H33N3O2/c1-13(23)21-15-6-5-9-22(12-15)17(24)11-20-16-10-14-7-8-19(16,4)18(14,2)3/h14-16,20H,5-12H2,1-4H3,(H,21,23)/t14-,15+,16-,19-/m1/s1. The van der Waals surface area contributed by atoms with E-state index < -0.39 is 0 Å². The zero-order valence-corrected chi connectivity index (χ0v) is 15.7. The maximum atomic E-state index is 12.6. The Bertz CT molecular complexity index is 519. The third-order valence-electron chi connectivity index (χ3n) is 7.48. The van der Waals surface area contributed by atoms with Crippen LogP contribution in [-0.4, -0.2) is 48.4 Å². The van der Waals surface area contributed by atoms with Gasteiger partial charge in [-0.15, -0.1) is 0 Å². The summed E-state index contributed by atoms with van der Waals surface area (Å²) in [6.45, 7) is 10.6. The van der Waals surface area contributed by atoms with E-state index in [0.29, 0.717) is 30.0 Å². The van der Waals surface area contributed by atoms with Gasteiger partial charge in [-0.3, -0.25) is 9.59 Å². The van der Waals surface area contributed by atoms with Gasteiger partial charge in [-0.25, -0.2) is 0 Å². The number of fused-ring (bicyclic) bond motifs is 2. The van der Waals surface area contributed by atoms with E-state index >= 15 is 0 Å². The van der Waals surface area contributed by atoms with Crippen molar-refractivity contribution in [3.8, 4) is 0 Å². The molecule has 4 atom stereocenters. The SMILES string of the molecule is CC(=O)N[C@H]1CCCN(C(=O)CN[C@@H]2C[C@H]3CC[C@@]2(C)C3(C)C)C1. The fraction of sp³-hybridized carbons (Fsp3) is 0.895. The fourth-order valence-corrected chi connectivity index (χ4v) is 5.44. The second-order valence-corrected chi connectivity index (χ2v) is 8.92. The molecule has 2 amide bonds. The first kappa shape index (κ1) is 17.7. The Hall–Kier alpha value is -1.10. The molecule has 3 fully saturated rings. The lowest BCUT2D eigenvalue weighted by Gasteiger charge is -2.40. The molecule has 2 bridgehead atoms. The molecule has 3 rings (SSSR count). The maximum Gasteiger partial charge on any atom is 0.236 e. The first-order valence-electron chi connectivity index (χ1n) is 9.52. The van der Waals surface area contributed by atoms with Crippen LogP contribution in [0.3, 0.4) is 0 Å². The Kier molecular flexibility index (Phi) is 4.67. The average Bonchev–Trinajstić information content (AvgIpc) is 2.85. The summed E-state index contributed by atoms with van der Waals surface area (Å²) in [7, 11) is 0. The van der Waals surface area contributed by atoms with Gasteiger partial charge in [-0.1, -0.05) is 20.8 Å². The van der Waals surface area contributed by atoms with E-state index in [2.05, 4.69) is 31.4 Å². The molecule has 5 heteroatoms. The Labute approximate surface area is 145 Å². The van der Waals surface area contributed by atoms with Crippen LogP contribution in [-0.2, 0) is 9.59 Å². The summed E-state index contributed by atoms with van der Waals surface area (Å²) in [6.07, 6.45) is 5.73. The van der Waals surface area contributed by atoms with Crippen LogP contribution in [0.2, 0.25) is 0 Å². The third kappa shape index (κ3) is 2.96. The average molecular weight is 335 g/mol. The van der Waals surface area contributed by atoms with Crippen molar-refractivity contribution in [1.82, 2.24) is 15.5 Å². The smallest absolute Gasteiger partial charge is 0.236 e. The Morgan fingerprint density at radius 1 is 1.21 bits per heavy atom. The molecule has 0 spiro atoms.